The lowest BCUT2D eigenvalue weighted by atomic mass is 10.4. The van der Waals surface area contributed by atoms with E-state index in [1.54, 1.807) is 4.57 Å². The van der Waals surface area contributed by atoms with Crippen molar-refractivity contribution in [3.05, 3.63) is 22.3 Å². The number of aromatic amines is 1. The van der Waals surface area contributed by atoms with Crippen LogP contribution in [0.3, 0.4) is 0 Å². The van der Waals surface area contributed by atoms with Crippen LogP contribution < -0.4 is 10.6 Å². The summed E-state index contributed by atoms with van der Waals surface area (Å²) in [5.41, 5.74) is 0. The quantitative estimate of drug-likeness (QED) is 0.689. The number of nitrogens with zero attached hydrogens (tertiary/aromatic N) is 2. The first-order valence-electron chi connectivity index (χ1n) is 6.34. The Labute approximate surface area is 130 Å². The lowest BCUT2D eigenvalue weighted by Crippen LogP contribution is -2.38. The van der Waals surface area contributed by atoms with Gasteiger partial charge in [0.2, 0.25) is 11.8 Å². The zero-order valence-electron chi connectivity index (χ0n) is 11.4. The van der Waals surface area contributed by atoms with E-state index in [0.29, 0.717) is 17.1 Å². The molecule has 0 saturated carbocycles. The normalized spacial score (nSPS) is 10.3. The highest BCUT2D eigenvalue weighted by atomic mass is 32.1. The first-order chi connectivity index (χ1) is 10.1. The summed E-state index contributed by atoms with van der Waals surface area (Å²) in [6.07, 6.45) is 0. The van der Waals surface area contributed by atoms with Gasteiger partial charge in [-0.1, -0.05) is 6.07 Å². The fourth-order valence-electron chi connectivity index (χ4n) is 1.70. The molecule has 2 amide bonds. The Bertz CT molecular complexity index is 674. The molecule has 2 heterocycles. The Balaban J connectivity index is 2.03. The van der Waals surface area contributed by atoms with Crippen LogP contribution in [-0.4, -0.2) is 39.7 Å². The summed E-state index contributed by atoms with van der Waals surface area (Å²) in [7, 11) is 0. The Kier molecular flexibility index (Phi) is 5.23. The predicted molar refractivity (Wildman–Crippen MR) is 82.4 cm³/mol. The van der Waals surface area contributed by atoms with Gasteiger partial charge in [-0.15, -0.1) is 11.3 Å². The van der Waals surface area contributed by atoms with E-state index >= 15 is 0 Å². The van der Waals surface area contributed by atoms with E-state index in [0.717, 1.165) is 4.88 Å². The number of thiophene rings is 1. The first-order valence-corrected chi connectivity index (χ1v) is 7.63. The summed E-state index contributed by atoms with van der Waals surface area (Å²) in [6.45, 7) is 2.32. The zero-order valence-corrected chi connectivity index (χ0v) is 13.0. The van der Waals surface area contributed by atoms with E-state index in [2.05, 4.69) is 20.8 Å². The van der Waals surface area contributed by atoms with Gasteiger partial charge in [0.1, 0.15) is 6.54 Å². The monoisotopic (exact) mass is 325 g/mol. The molecule has 0 aromatic carbocycles. The lowest BCUT2D eigenvalue weighted by Gasteiger charge is -2.07. The summed E-state index contributed by atoms with van der Waals surface area (Å²) < 4.78 is 1.97. The lowest BCUT2D eigenvalue weighted by molar-refractivity contribution is -0.126. The van der Waals surface area contributed by atoms with Gasteiger partial charge in [0.25, 0.3) is 0 Å². The second-order valence-corrected chi connectivity index (χ2v) is 5.48. The van der Waals surface area contributed by atoms with Gasteiger partial charge in [0.05, 0.1) is 11.4 Å². The molecule has 21 heavy (non-hydrogen) atoms. The van der Waals surface area contributed by atoms with Crippen molar-refractivity contribution in [2.75, 3.05) is 13.1 Å². The molecule has 112 valence electrons. The van der Waals surface area contributed by atoms with Gasteiger partial charge in [0.15, 0.2) is 10.6 Å². The average Bonchev–Trinajstić information content (AvgIpc) is 3.08. The van der Waals surface area contributed by atoms with Crippen molar-refractivity contribution < 1.29 is 9.59 Å². The highest BCUT2D eigenvalue weighted by Crippen LogP contribution is 2.22. The van der Waals surface area contributed by atoms with Crippen molar-refractivity contribution in [3.63, 3.8) is 0 Å². The third kappa shape index (κ3) is 3.99. The molecule has 0 spiro atoms. The molecule has 0 atom stereocenters. The van der Waals surface area contributed by atoms with Crippen molar-refractivity contribution in [3.8, 4) is 10.7 Å². The molecule has 0 saturated heterocycles. The number of likely N-dealkylation sites (N-methyl/N-ethyl adjacent to an activating group) is 1. The van der Waals surface area contributed by atoms with Crippen LogP contribution in [0.25, 0.3) is 10.7 Å². The largest absolute Gasteiger partial charge is 0.355 e. The molecule has 0 aliphatic heterocycles. The van der Waals surface area contributed by atoms with E-state index in [1.807, 2.05) is 24.4 Å². The Morgan fingerprint density at radius 3 is 2.90 bits per heavy atom. The van der Waals surface area contributed by atoms with Crippen LogP contribution in [0.5, 0.6) is 0 Å². The molecular formula is C12H15N5O2S2. The first kappa shape index (κ1) is 15.4. The van der Waals surface area contributed by atoms with E-state index < -0.39 is 0 Å². The van der Waals surface area contributed by atoms with Crippen molar-refractivity contribution in [1.29, 1.82) is 0 Å². The van der Waals surface area contributed by atoms with Gasteiger partial charge in [-0.05, 0) is 30.6 Å². The van der Waals surface area contributed by atoms with Crippen LogP contribution in [0.2, 0.25) is 0 Å². The maximum atomic E-state index is 11.9. The number of hydrogen-bond acceptors (Lipinski definition) is 5. The number of H-pyrrole nitrogens is 1. The molecular weight excluding hydrogens is 310 g/mol. The number of amides is 2. The molecule has 3 N–H and O–H groups in total. The molecule has 0 fully saturated rings. The van der Waals surface area contributed by atoms with E-state index in [4.69, 9.17) is 12.2 Å². The second-order valence-electron chi connectivity index (χ2n) is 4.15. The smallest absolute Gasteiger partial charge is 0.240 e. The molecule has 7 nitrogen and oxygen atoms in total. The number of nitrogens with one attached hydrogen (secondary N) is 3. The van der Waals surface area contributed by atoms with Crippen LogP contribution in [-0.2, 0) is 16.1 Å². The molecule has 2 rings (SSSR count). The van der Waals surface area contributed by atoms with Crippen molar-refractivity contribution in [2.24, 2.45) is 0 Å². The topological polar surface area (TPSA) is 91.8 Å². The molecule has 0 aliphatic carbocycles. The number of hydrogen-bond donors (Lipinski definition) is 3. The van der Waals surface area contributed by atoms with E-state index in [9.17, 15) is 9.59 Å². The summed E-state index contributed by atoms with van der Waals surface area (Å²) in [6, 6.07) is 3.80. The Hall–Kier alpha value is -2.00. The predicted octanol–water partition coefficient (Wildman–Crippen LogP) is 0.921. The van der Waals surface area contributed by atoms with Gasteiger partial charge in [-0.2, -0.15) is 5.10 Å². The molecule has 0 aliphatic rings. The van der Waals surface area contributed by atoms with Gasteiger partial charge in [0, 0.05) is 6.54 Å². The minimum atomic E-state index is -0.295. The molecule has 2 aromatic rings. The minimum Gasteiger partial charge on any atom is -0.355 e. The summed E-state index contributed by atoms with van der Waals surface area (Å²) in [4.78, 5) is 24.1. The van der Waals surface area contributed by atoms with Crippen molar-refractivity contribution in [2.45, 2.75) is 13.5 Å². The van der Waals surface area contributed by atoms with Gasteiger partial charge in [-0.3, -0.25) is 19.3 Å². The SMILES string of the molecule is CCNC(=O)CNC(=O)Cn1c(-c2cccs2)n[nH]c1=S. The fraction of sp³-hybridized carbons (Fsp3) is 0.333. The second kappa shape index (κ2) is 7.14. The van der Waals surface area contributed by atoms with Crippen LogP contribution >= 0.6 is 23.6 Å². The van der Waals surface area contributed by atoms with Crippen molar-refractivity contribution >= 4 is 35.4 Å². The summed E-state index contributed by atoms with van der Waals surface area (Å²) in [5.74, 6) is 0.0971. The van der Waals surface area contributed by atoms with Crippen LogP contribution in [0.1, 0.15) is 6.92 Å². The molecule has 0 bridgehead atoms. The highest BCUT2D eigenvalue weighted by Gasteiger charge is 2.13. The van der Waals surface area contributed by atoms with E-state index in [-0.39, 0.29) is 24.9 Å². The average molecular weight is 325 g/mol. The fourth-order valence-corrected chi connectivity index (χ4v) is 2.62. The summed E-state index contributed by atoms with van der Waals surface area (Å²) in [5, 5.41) is 13.9. The highest BCUT2D eigenvalue weighted by molar-refractivity contribution is 7.71. The molecule has 9 heteroatoms. The number of aromatic nitrogens is 3. The standard InChI is InChI=1S/C12H15N5O2S2/c1-2-13-9(18)6-14-10(19)7-17-11(15-16-12(17)20)8-4-3-5-21-8/h3-5H,2,6-7H2,1H3,(H,13,18)(H,14,19)(H,16,20). The zero-order chi connectivity index (χ0) is 15.2. The van der Waals surface area contributed by atoms with E-state index in [1.165, 1.54) is 11.3 Å². The van der Waals surface area contributed by atoms with Crippen molar-refractivity contribution in [1.82, 2.24) is 25.4 Å². The Morgan fingerprint density at radius 1 is 1.43 bits per heavy atom. The number of carbonyl (C=O) groups excluding carboxylic acids is 2. The summed E-state index contributed by atoms with van der Waals surface area (Å²) >= 11 is 6.64. The third-order valence-corrected chi connectivity index (χ3v) is 3.80. The van der Waals surface area contributed by atoms with Gasteiger partial charge < -0.3 is 10.6 Å². The maximum Gasteiger partial charge on any atom is 0.240 e. The molecule has 0 radical (unpaired) electrons. The minimum absolute atomic E-state index is 0.0158. The third-order valence-electron chi connectivity index (χ3n) is 2.62. The Morgan fingerprint density at radius 2 is 2.24 bits per heavy atom. The van der Waals surface area contributed by atoms with Crippen LogP contribution in [0, 0.1) is 4.77 Å². The molecule has 0 unspecified atom stereocenters. The molecule has 2 aromatic heterocycles. The van der Waals surface area contributed by atoms with Crippen LogP contribution in [0.4, 0.5) is 0 Å². The van der Waals surface area contributed by atoms with Crippen LogP contribution in [0.15, 0.2) is 17.5 Å². The van der Waals surface area contributed by atoms with Gasteiger partial charge in [-0.25, -0.2) is 0 Å². The number of rotatable bonds is 6. The maximum absolute atomic E-state index is 11.9. The van der Waals surface area contributed by atoms with Gasteiger partial charge >= 0.3 is 0 Å². The number of carbonyl (C=O) groups is 2.